The number of carbonyl (C=O) groups excluding carboxylic acids is 1. The van der Waals surface area contributed by atoms with Crippen LogP contribution in [0.15, 0.2) is 12.1 Å². The highest BCUT2D eigenvalue weighted by Crippen LogP contribution is 2.34. The number of anilines is 2. The van der Waals surface area contributed by atoms with Gasteiger partial charge in [0, 0.05) is 18.3 Å². The number of fused-ring (bicyclic) bond motifs is 1. The topological polar surface area (TPSA) is 104 Å². The number of aliphatic hydroxyl groups excluding tert-OH is 1. The van der Waals surface area contributed by atoms with E-state index in [0.29, 0.717) is 16.9 Å². The van der Waals surface area contributed by atoms with E-state index in [0.717, 1.165) is 0 Å². The highest BCUT2D eigenvalue weighted by molar-refractivity contribution is 6.00. The molecule has 0 saturated heterocycles. The molecule has 0 radical (unpaired) electrons. The van der Waals surface area contributed by atoms with Gasteiger partial charge in [0.05, 0.1) is 17.4 Å². The molecule has 0 fully saturated rings. The van der Waals surface area contributed by atoms with Crippen LogP contribution in [-0.2, 0) is 11.2 Å². The molecule has 0 saturated carbocycles. The Bertz CT molecular complexity index is 513. The Morgan fingerprint density at radius 2 is 2.33 bits per heavy atom. The van der Waals surface area contributed by atoms with E-state index in [4.69, 9.17) is 0 Å². The summed E-state index contributed by atoms with van der Waals surface area (Å²) in [6.45, 7) is 1.78. The van der Waals surface area contributed by atoms with Crippen molar-refractivity contribution < 1.29 is 14.8 Å². The molecule has 3 N–H and O–H groups in total. The van der Waals surface area contributed by atoms with E-state index < -0.39 is 11.0 Å². The summed E-state index contributed by atoms with van der Waals surface area (Å²) in [5.41, 5.74) is 1.40. The molecule has 1 atom stereocenters. The first-order valence-corrected chi connectivity index (χ1v) is 5.50. The van der Waals surface area contributed by atoms with Crippen molar-refractivity contribution in [3.63, 3.8) is 0 Å². The number of nitro groups is 1. The molecule has 7 nitrogen and oxygen atoms in total. The van der Waals surface area contributed by atoms with E-state index in [1.165, 1.54) is 12.1 Å². The maximum absolute atomic E-state index is 11.2. The normalized spacial score (nSPS) is 14.9. The van der Waals surface area contributed by atoms with Crippen LogP contribution in [0.1, 0.15) is 12.5 Å². The first-order chi connectivity index (χ1) is 8.47. The lowest BCUT2D eigenvalue weighted by atomic mass is 10.1. The average molecular weight is 251 g/mol. The molecule has 18 heavy (non-hydrogen) atoms. The molecule has 96 valence electrons. The minimum Gasteiger partial charge on any atom is -0.392 e. The number of benzene rings is 1. The smallest absolute Gasteiger partial charge is 0.292 e. The summed E-state index contributed by atoms with van der Waals surface area (Å²) in [5, 5.41) is 25.5. The van der Waals surface area contributed by atoms with Gasteiger partial charge in [0.2, 0.25) is 5.91 Å². The molecule has 0 aromatic heterocycles. The van der Waals surface area contributed by atoms with Crippen molar-refractivity contribution in [2.45, 2.75) is 19.4 Å². The molecule has 1 amide bonds. The van der Waals surface area contributed by atoms with Gasteiger partial charge < -0.3 is 15.7 Å². The van der Waals surface area contributed by atoms with Gasteiger partial charge in [-0.25, -0.2) is 0 Å². The number of rotatable bonds is 4. The zero-order valence-corrected chi connectivity index (χ0v) is 9.77. The number of nitrogens with zero attached hydrogens (tertiary/aromatic N) is 1. The first-order valence-electron chi connectivity index (χ1n) is 5.50. The Kier molecular flexibility index (Phi) is 3.15. The molecular weight excluding hydrogens is 238 g/mol. The van der Waals surface area contributed by atoms with Crippen LogP contribution < -0.4 is 10.6 Å². The van der Waals surface area contributed by atoms with E-state index in [-0.39, 0.29) is 24.6 Å². The van der Waals surface area contributed by atoms with E-state index >= 15 is 0 Å². The number of hydrogen-bond donors (Lipinski definition) is 3. The molecule has 0 spiro atoms. The fourth-order valence-corrected chi connectivity index (χ4v) is 1.81. The number of amides is 1. The van der Waals surface area contributed by atoms with Crippen LogP contribution in [-0.4, -0.2) is 28.6 Å². The molecule has 1 aliphatic rings. The number of hydrogen-bond acceptors (Lipinski definition) is 5. The number of aliphatic hydroxyl groups is 1. The summed E-state index contributed by atoms with van der Waals surface area (Å²) in [6.07, 6.45) is -0.459. The molecule has 0 bridgehead atoms. The fraction of sp³-hybridized carbons (Fsp3) is 0.364. The van der Waals surface area contributed by atoms with Crippen LogP contribution in [0.5, 0.6) is 0 Å². The van der Waals surface area contributed by atoms with E-state index in [1.807, 2.05) is 0 Å². The first kappa shape index (κ1) is 12.3. The Labute approximate surface area is 103 Å². The summed E-state index contributed by atoms with van der Waals surface area (Å²) in [6, 6.07) is 2.92. The molecule has 1 heterocycles. The highest BCUT2D eigenvalue weighted by atomic mass is 16.6. The van der Waals surface area contributed by atoms with E-state index in [9.17, 15) is 20.0 Å². The Morgan fingerprint density at radius 3 is 2.94 bits per heavy atom. The SMILES string of the molecule is CC(O)CNc1cc2c(cc1[N+](=O)[O-])CC(=O)N2. The zero-order valence-electron chi connectivity index (χ0n) is 9.77. The summed E-state index contributed by atoms with van der Waals surface area (Å²) in [7, 11) is 0. The summed E-state index contributed by atoms with van der Waals surface area (Å²) >= 11 is 0. The molecule has 2 rings (SSSR count). The molecule has 1 unspecified atom stereocenters. The van der Waals surface area contributed by atoms with Crippen LogP contribution in [0.3, 0.4) is 0 Å². The third kappa shape index (κ3) is 2.40. The van der Waals surface area contributed by atoms with Crippen molar-refractivity contribution in [1.29, 1.82) is 0 Å². The second-order valence-corrected chi connectivity index (χ2v) is 4.24. The van der Waals surface area contributed by atoms with Gasteiger partial charge in [-0.3, -0.25) is 14.9 Å². The Balaban J connectivity index is 2.35. The molecular formula is C11H13N3O4. The van der Waals surface area contributed by atoms with Crippen molar-refractivity contribution in [3.05, 3.63) is 27.8 Å². The number of carbonyl (C=O) groups is 1. The largest absolute Gasteiger partial charge is 0.392 e. The minimum absolute atomic E-state index is 0.0918. The van der Waals surface area contributed by atoms with Crippen molar-refractivity contribution in [3.8, 4) is 0 Å². The molecule has 7 heteroatoms. The molecule has 0 aliphatic carbocycles. The standard InChI is InChI=1S/C11H13N3O4/c1-6(15)5-12-9-4-8-7(3-11(16)13-8)2-10(9)14(17)18/h2,4,6,12,15H,3,5H2,1H3,(H,13,16). The van der Waals surface area contributed by atoms with Crippen molar-refractivity contribution in [1.82, 2.24) is 0 Å². The van der Waals surface area contributed by atoms with Crippen LogP contribution in [0.25, 0.3) is 0 Å². The summed E-state index contributed by atoms with van der Waals surface area (Å²) in [4.78, 5) is 21.7. The third-order valence-corrected chi connectivity index (χ3v) is 2.63. The van der Waals surface area contributed by atoms with Gasteiger partial charge in [-0.05, 0) is 18.6 Å². The van der Waals surface area contributed by atoms with Gasteiger partial charge in [0.15, 0.2) is 0 Å². The maximum Gasteiger partial charge on any atom is 0.292 e. The van der Waals surface area contributed by atoms with Crippen molar-refractivity contribution in [2.75, 3.05) is 17.2 Å². The fourth-order valence-electron chi connectivity index (χ4n) is 1.81. The molecule has 1 aromatic rings. The predicted octanol–water partition coefficient (Wildman–Crippen LogP) is 0.882. The van der Waals surface area contributed by atoms with Gasteiger partial charge in [-0.15, -0.1) is 0 Å². The van der Waals surface area contributed by atoms with Gasteiger partial charge in [0.1, 0.15) is 5.69 Å². The van der Waals surface area contributed by atoms with Gasteiger partial charge in [-0.1, -0.05) is 0 Å². The monoisotopic (exact) mass is 251 g/mol. The summed E-state index contributed by atoms with van der Waals surface area (Å²) in [5.74, 6) is -0.174. The number of nitrogens with one attached hydrogen (secondary N) is 2. The highest BCUT2D eigenvalue weighted by Gasteiger charge is 2.24. The van der Waals surface area contributed by atoms with E-state index in [2.05, 4.69) is 10.6 Å². The van der Waals surface area contributed by atoms with Gasteiger partial charge >= 0.3 is 0 Å². The maximum atomic E-state index is 11.2. The molecule has 1 aliphatic heterocycles. The second-order valence-electron chi connectivity index (χ2n) is 4.24. The predicted molar refractivity (Wildman–Crippen MR) is 65.6 cm³/mol. The second kappa shape index (κ2) is 4.61. The third-order valence-electron chi connectivity index (χ3n) is 2.63. The summed E-state index contributed by atoms with van der Waals surface area (Å²) < 4.78 is 0. The number of nitro benzene ring substituents is 1. The van der Waals surface area contributed by atoms with Gasteiger partial charge in [0.25, 0.3) is 5.69 Å². The van der Waals surface area contributed by atoms with Crippen LogP contribution in [0, 0.1) is 10.1 Å². The van der Waals surface area contributed by atoms with Crippen LogP contribution in [0.4, 0.5) is 17.1 Å². The van der Waals surface area contributed by atoms with Gasteiger partial charge in [-0.2, -0.15) is 0 Å². The zero-order chi connectivity index (χ0) is 13.3. The van der Waals surface area contributed by atoms with Crippen molar-refractivity contribution in [2.24, 2.45) is 0 Å². The van der Waals surface area contributed by atoms with Crippen LogP contribution in [0.2, 0.25) is 0 Å². The Morgan fingerprint density at radius 1 is 1.61 bits per heavy atom. The minimum atomic E-state index is -0.618. The Hall–Kier alpha value is -2.15. The lowest BCUT2D eigenvalue weighted by molar-refractivity contribution is -0.384. The van der Waals surface area contributed by atoms with E-state index in [1.54, 1.807) is 6.92 Å². The van der Waals surface area contributed by atoms with Crippen LogP contribution >= 0.6 is 0 Å². The quantitative estimate of drug-likeness (QED) is 0.544. The van der Waals surface area contributed by atoms with Crippen molar-refractivity contribution >= 4 is 23.0 Å². The average Bonchev–Trinajstić information content (AvgIpc) is 2.63. The lowest BCUT2D eigenvalue weighted by Gasteiger charge is -2.10. The lowest BCUT2D eigenvalue weighted by Crippen LogP contribution is -2.16. The molecule has 1 aromatic carbocycles.